The topological polar surface area (TPSA) is 97.0 Å². The minimum atomic E-state index is -0.378. The largest absolute Gasteiger partial charge is 0.497 e. The van der Waals surface area contributed by atoms with Crippen molar-refractivity contribution >= 4 is 40.9 Å². The van der Waals surface area contributed by atoms with E-state index >= 15 is 0 Å². The molecule has 3 aromatic rings. The summed E-state index contributed by atoms with van der Waals surface area (Å²) in [6, 6.07) is 21.6. The maximum Gasteiger partial charge on any atom is 0.278 e. The number of hydrogen-bond acceptors (Lipinski definition) is 7. The van der Waals surface area contributed by atoms with Gasteiger partial charge in [-0.1, -0.05) is 41.6 Å². The Balaban J connectivity index is 1.57. The van der Waals surface area contributed by atoms with E-state index in [0.29, 0.717) is 45.5 Å². The average Bonchev–Trinajstić information content (AvgIpc) is 3.14. The van der Waals surface area contributed by atoms with E-state index in [4.69, 9.17) is 9.47 Å². The maximum atomic E-state index is 13.3. The van der Waals surface area contributed by atoms with Gasteiger partial charge in [0.1, 0.15) is 16.4 Å². The van der Waals surface area contributed by atoms with E-state index < -0.39 is 0 Å². The normalized spacial score (nSPS) is 13.2. The van der Waals surface area contributed by atoms with E-state index in [9.17, 15) is 14.4 Å². The molecular weight excluding hydrogens is 502 g/mol. The second-order valence-electron chi connectivity index (χ2n) is 8.62. The summed E-state index contributed by atoms with van der Waals surface area (Å²) in [5.41, 5.74) is 3.04. The number of methoxy groups -OCH3 is 2. The van der Waals surface area contributed by atoms with Crippen molar-refractivity contribution in [2.45, 2.75) is 18.2 Å². The SMILES string of the molecule is COCCCN1C(=O)C(Nc2ccc(C)cc2)=C(Sc2cccc(NC(=O)c3cccc(OC)c3)c2)C1=O. The van der Waals surface area contributed by atoms with Crippen molar-refractivity contribution in [2.24, 2.45) is 0 Å². The van der Waals surface area contributed by atoms with Crippen LogP contribution in [0.1, 0.15) is 22.3 Å². The minimum Gasteiger partial charge on any atom is -0.497 e. The van der Waals surface area contributed by atoms with Crippen molar-refractivity contribution in [3.8, 4) is 5.75 Å². The Morgan fingerprint density at radius 1 is 0.921 bits per heavy atom. The molecule has 0 saturated carbocycles. The highest BCUT2D eigenvalue weighted by molar-refractivity contribution is 8.04. The standard InChI is InChI=1S/C29H29N3O5S/c1-19-11-13-21(14-12-19)30-25-26(29(35)32(28(25)34)15-6-16-36-2)38-24-10-5-8-22(18-24)31-27(33)20-7-4-9-23(17-20)37-3/h4-5,7-14,17-18,30H,6,15-16H2,1-3H3,(H,31,33). The third-order valence-corrected chi connectivity index (χ3v) is 6.89. The molecule has 0 spiro atoms. The lowest BCUT2D eigenvalue weighted by Gasteiger charge is -2.14. The number of rotatable bonds is 11. The number of anilines is 2. The number of ether oxygens (including phenoxy) is 2. The molecule has 8 nitrogen and oxygen atoms in total. The number of carbonyl (C=O) groups is 3. The van der Waals surface area contributed by atoms with Gasteiger partial charge in [0.15, 0.2) is 0 Å². The van der Waals surface area contributed by atoms with Crippen molar-refractivity contribution in [1.29, 1.82) is 0 Å². The molecule has 0 bridgehead atoms. The molecule has 0 aliphatic carbocycles. The Labute approximate surface area is 226 Å². The number of hydrogen-bond donors (Lipinski definition) is 2. The van der Waals surface area contributed by atoms with Crippen LogP contribution >= 0.6 is 11.8 Å². The van der Waals surface area contributed by atoms with Crippen LogP contribution in [0.2, 0.25) is 0 Å². The summed E-state index contributed by atoms with van der Waals surface area (Å²) < 4.78 is 10.3. The van der Waals surface area contributed by atoms with Gasteiger partial charge in [0.2, 0.25) is 0 Å². The van der Waals surface area contributed by atoms with Crippen molar-refractivity contribution < 1.29 is 23.9 Å². The zero-order chi connectivity index (χ0) is 27.1. The molecule has 1 heterocycles. The van der Waals surface area contributed by atoms with E-state index in [1.165, 1.54) is 16.7 Å². The van der Waals surface area contributed by atoms with Crippen LogP contribution < -0.4 is 15.4 Å². The van der Waals surface area contributed by atoms with Gasteiger partial charge in [0.25, 0.3) is 17.7 Å². The highest BCUT2D eigenvalue weighted by Gasteiger charge is 2.38. The zero-order valence-corrected chi connectivity index (χ0v) is 22.3. The van der Waals surface area contributed by atoms with Gasteiger partial charge < -0.3 is 20.1 Å². The summed E-state index contributed by atoms with van der Waals surface area (Å²) in [6.07, 6.45) is 0.537. The molecule has 0 unspecified atom stereocenters. The summed E-state index contributed by atoms with van der Waals surface area (Å²) in [6.45, 7) is 2.67. The summed E-state index contributed by atoms with van der Waals surface area (Å²) in [5.74, 6) is -0.446. The van der Waals surface area contributed by atoms with Crippen LogP contribution in [0, 0.1) is 6.92 Å². The highest BCUT2D eigenvalue weighted by atomic mass is 32.2. The van der Waals surface area contributed by atoms with Crippen molar-refractivity contribution in [1.82, 2.24) is 4.90 Å². The summed E-state index contributed by atoms with van der Waals surface area (Å²) >= 11 is 1.18. The van der Waals surface area contributed by atoms with E-state index in [0.717, 1.165) is 5.56 Å². The van der Waals surface area contributed by atoms with Gasteiger partial charge in [-0.15, -0.1) is 0 Å². The third kappa shape index (κ3) is 6.42. The first-order valence-corrected chi connectivity index (χ1v) is 12.9. The zero-order valence-electron chi connectivity index (χ0n) is 21.4. The molecule has 0 saturated heterocycles. The van der Waals surface area contributed by atoms with E-state index in [1.807, 2.05) is 37.3 Å². The molecule has 1 aliphatic rings. The van der Waals surface area contributed by atoms with Crippen molar-refractivity contribution in [2.75, 3.05) is 38.0 Å². The molecular formula is C29H29N3O5S. The van der Waals surface area contributed by atoms with Crippen molar-refractivity contribution in [3.63, 3.8) is 0 Å². The van der Waals surface area contributed by atoms with Crippen LogP contribution in [-0.2, 0) is 14.3 Å². The number of aryl methyl sites for hydroxylation is 1. The smallest absolute Gasteiger partial charge is 0.278 e. The molecule has 38 heavy (non-hydrogen) atoms. The fourth-order valence-electron chi connectivity index (χ4n) is 3.83. The number of thioether (sulfide) groups is 1. The second kappa shape index (κ2) is 12.4. The van der Waals surface area contributed by atoms with Gasteiger partial charge in [0.05, 0.1) is 7.11 Å². The summed E-state index contributed by atoms with van der Waals surface area (Å²) in [5, 5.41) is 6.03. The number of amides is 3. The first-order chi connectivity index (χ1) is 18.4. The number of carbonyl (C=O) groups excluding carboxylic acids is 3. The first kappa shape index (κ1) is 27.0. The Morgan fingerprint density at radius 2 is 1.68 bits per heavy atom. The predicted molar refractivity (Wildman–Crippen MR) is 148 cm³/mol. The number of nitrogens with zero attached hydrogens (tertiary/aromatic N) is 1. The lowest BCUT2D eigenvalue weighted by molar-refractivity contribution is -0.137. The van der Waals surface area contributed by atoms with Crippen LogP contribution in [0.4, 0.5) is 11.4 Å². The highest BCUT2D eigenvalue weighted by Crippen LogP contribution is 2.37. The van der Waals surface area contributed by atoms with Gasteiger partial charge in [-0.3, -0.25) is 19.3 Å². The summed E-state index contributed by atoms with van der Waals surface area (Å²) in [7, 11) is 3.12. The molecule has 0 aromatic heterocycles. The van der Waals surface area contributed by atoms with E-state index in [2.05, 4.69) is 10.6 Å². The maximum absolute atomic E-state index is 13.3. The van der Waals surface area contributed by atoms with Gasteiger partial charge in [-0.05, 0) is 61.9 Å². The molecule has 0 atom stereocenters. The van der Waals surface area contributed by atoms with E-state index in [-0.39, 0.29) is 30.0 Å². The lowest BCUT2D eigenvalue weighted by atomic mass is 10.2. The lowest BCUT2D eigenvalue weighted by Crippen LogP contribution is -2.33. The third-order valence-electron chi connectivity index (χ3n) is 5.82. The Morgan fingerprint density at radius 3 is 2.42 bits per heavy atom. The van der Waals surface area contributed by atoms with Gasteiger partial charge in [0, 0.05) is 42.1 Å². The molecule has 1 aliphatic heterocycles. The molecule has 3 amide bonds. The van der Waals surface area contributed by atoms with Crippen LogP contribution in [0.25, 0.3) is 0 Å². The quantitative estimate of drug-likeness (QED) is 0.263. The fourth-order valence-corrected chi connectivity index (χ4v) is 4.84. The fraction of sp³-hybridized carbons (Fsp3) is 0.207. The minimum absolute atomic E-state index is 0.229. The molecule has 196 valence electrons. The Kier molecular flexibility index (Phi) is 8.83. The first-order valence-electron chi connectivity index (χ1n) is 12.1. The molecule has 9 heteroatoms. The van der Waals surface area contributed by atoms with Crippen LogP contribution in [0.3, 0.4) is 0 Å². The Bertz CT molecular complexity index is 1370. The van der Waals surface area contributed by atoms with Gasteiger partial charge in [-0.2, -0.15) is 0 Å². The van der Waals surface area contributed by atoms with Crippen LogP contribution in [0.5, 0.6) is 5.75 Å². The molecule has 4 rings (SSSR count). The average molecular weight is 532 g/mol. The molecule has 3 aromatic carbocycles. The van der Waals surface area contributed by atoms with Crippen LogP contribution in [0.15, 0.2) is 88.3 Å². The number of nitrogens with one attached hydrogen (secondary N) is 2. The predicted octanol–water partition coefficient (Wildman–Crippen LogP) is 5.08. The number of imide groups is 1. The Hall–Kier alpha value is -4.08. The monoisotopic (exact) mass is 531 g/mol. The second-order valence-corrected chi connectivity index (χ2v) is 9.70. The summed E-state index contributed by atoms with van der Waals surface area (Å²) in [4.78, 5) is 41.6. The van der Waals surface area contributed by atoms with Gasteiger partial charge >= 0.3 is 0 Å². The van der Waals surface area contributed by atoms with Crippen molar-refractivity contribution in [3.05, 3.63) is 94.5 Å². The van der Waals surface area contributed by atoms with Crippen LogP contribution in [-0.4, -0.2) is 50.0 Å². The van der Waals surface area contributed by atoms with Gasteiger partial charge in [-0.25, -0.2) is 0 Å². The molecule has 0 fully saturated rings. The number of benzene rings is 3. The molecule has 2 N–H and O–H groups in total. The van der Waals surface area contributed by atoms with E-state index in [1.54, 1.807) is 56.7 Å². The molecule has 0 radical (unpaired) electrons.